The highest BCUT2D eigenvalue weighted by atomic mass is 16.5. The molecule has 0 aliphatic heterocycles. The molecule has 0 heterocycles. The Morgan fingerprint density at radius 1 is 1.29 bits per heavy atom. The quantitative estimate of drug-likeness (QED) is 0.775. The minimum absolute atomic E-state index is 0.135. The summed E-state index contributed by atoms with van der Waals surface area (Å²) in [4.78, 5) is 0. The van der Waals surface area contributed by atoms with Gasteiger partial charge in [0.15, 0.2) is 0 Å². The molecule has 2 heteroatoms. The van der Waals surface area contributed by atoms with Crippen LogP contribution in [-0.2, 0) is 4.74 Å². The van der Waals surface area contributed by atoms with E-state index >= 15 is 0 Å². The molecule has 0 spiro atoms. The van der Waals surface area contributed by atoms with Gasteiger partial charge in [-0.25, -0.2) is 0 Å². The van der Waals surface area contributed by atoms with Crippen LogP contribution in [0.4, 0.5) is 0 Å². The Kier molecular flexibility index (Phi) is 4.63. The van der Waals surface area contributed by atoms with Gasteiger partial charge in [-0.2, -0.15) is 0 Å². The predicted molar refractivity (Wildman–Crippen MR) is 59.3 cm³/mol. The fraction of sp³-hybridized carbons (Fsp3) is 0.500. The topological polar surface area (TPSA) is 21.3 Å². The van der Waals surface area contributed by atoms with E-state index in [9.17, 15) is 0 Å². The van der Waals surface area contributed by atoms with E-state index in [4.69, 9.17) is 4.74 Å². The van der Waals surface area contributed by atoms with Gasteiger partial charge in [0.25, 0.3) is 0 Å². The normalized spacial score (nSPS) is 15.1. The molecule has 0 saturated carbocycles. The van der Waals surface area contributed by atoms with Crippen LogP contribution in [0.25, 0.3) is 0 Å². The molecule has 0 aliphatic carbocycles. The average molecular weight is 193 g/mol. The molecule has 1 N–H and O–H groups in total. The van der Waals surface area contributed by atoms with Gasteiger partial charge in [0.2, 0.25) is 0 Å². The first-order chi connectivity index (χ1) is 6.79. The Balaban J connectivity index is 2.71. The van der Waals surface area contributed by atoms with Crippen LogP contribution in [0.2, 0.25) is 0 Å². The Morgan fingerprint density at radius 2 is 1.93 bits per heavy atom. The molecule has 0 amide bonds. The van der Waals surface area contributed by atoms with Crippen molar-refractivity contribution in [3.63, 3.8) is 0 Å². The lowest BCUT2D eigenvalue weighted by atomic mass is 10.0. The van der Waals surface area contributed by atoms with Crippen molar-refractivity contribution in [2.24, 2.45) is 0 Å². The molecule has 14 heavy (non-hydrogen) atoms. The second-order valence-electron chi connectivity index (χ2n) is 3.41. The fourth-order valence-corrected chi connectivity index (χ4v) is 1.70. The first-order valence-corrected chi connectivity index (χ1v) is 5.10. The number of methoxy groups -OCH3 is 1. The van der Waals surface area contributed by atoms with Crippen molar-refractivity contribution in [2.75, 3.05) is 13.7 Å². The van der Waals surface area contributed by atoms with Crippen LogP contribution >= 0.6 is 0 Å². The molecule has 0 aliphatic rings. The molecule has 0 aromatic heterocycles. The molecule has 2 nitrogen and oxygen atoms in total. The summed E-state index contributed by atoms with van der Waals surface area (Å²) in [6, 6.07) is 10.6. The summed E-state index contributed by atoms with van der Waals surface area (Å²) in [5.41, 5.74) is 1.23. The molecule has 0 fully saturated rings. The maximum atomic E-state index is 5.49. The highest BCUT2D eigenvalue weighted by Gasteiger charge is 2.16. The van der Waals surface area contributed by atoms with Crippen LogP contribution in [0.3, 0.4) is 0 Å². The van der Waals surface area contributed by atoms with Crippen LogP contribution in [0.5, 0.6) is 0 Å². The van der Waals surface area contributed by atoms with Crippen LogP contribution in [0.15, 0.2) is 30.3 Å². The van der Waals surface area contributed by atoms with Crippen LogP contribution in [0, 0.1) is 0 Å². The Morgan fingerprint density at radius 3 is 2.43 bits per heavy atom. The molecular formula is C12H19NO. The lowest BCUT2D eigenvalue weighted by Crippen LogP contribution is -2.32. The molecular weight excluding hydrogens is 174 g/mol. The van der Waals surface area contributed by atoms with E-state index < -0.39 is 0 Å². The number of benzene rings is 1. The fourth-order valence-electron chi connectivity index (χ4n) is 1.70. The molecule has 0 bridgehead atoms. The third-order valence-corrected chi connectivity index (χ3v) is 2.36. The van der Waals surface area contributed by atoms with Gasteiger partial charge in [-0.1, -0.05) is 37.3 Å². The van der Waals surface area contributed by atoms with E-state index in [0.29, 0.717) is 6.04 Å². The number of rotatable bonds is 5. The standard InChI is InChI=1S/C12H19NO/c1-4-13-10(2)12(14-3)11-8-6-5-7-9-11/h5-10,12-13H,4H2,1-3H3. The Hall–Kier alpha value is -0.860. The van der Waals surface area contributed by atoms with Crippen molar-refractivity contribution in [1.82, 2.24) is 5.32 Å². The van der Waals surface area contributed by atoms with E-state index in [1.165, 1.54) is 5.56 Å². The maximum Gasteiger partial charge on any atom is 0.0971 e. The highest BCUT2D eigenvalue weighted by Crippen LogP contribution is 2.19. The first kappa shape index (κ1) is 11.2. The van der Waals surface area contributed by atoms with Gasteiger partial charge in [0.05, 0.1) is 6.10 Å². The van der Waals surface area contributed by atoms with Gasteiger partial charge in [0, 0.05) is 13.2 Å². The van der Waals surface area contributed by atoms with Crippen molar-refractivity contribution in [2.45, 2.75) is 26.0 Å². The molecule has 78 valence electrons. The summed E-state index contributed by atoms with van der Waals surface area (Å²) in [5.74, 6) is 0. The van der Waals surface area contributed by atoms with Gasteiger partial charge in [0.1, 0.15) is 0 Å². The molecule has 1 rings (SSSR count). The second kappa shape index (κ2) is 5.78. The number of nitrogens with one attached hydrogen (secondary N) is 1. The lowest BCUT2D eigenvalue weighted by molar-refractivity contribution is 0.0742. The Bertz CT molecular complexity index is 248. The minimum atomic E-state index is 0.135. The third kappa shape index (κ3) is 2.82. The van der Waals surface area contributed by atoms with E-state index in [1.807, 2.05) is 18.2 Å². The smallest absolute Gasteiger partial charge is 0.0971 e. The first-order valence-electron chi connectivity index (χ1n) is 5.10. The zero-order valence-corrected chi connectivity index (χ0v) is 9.16. The summed E-state index contributed by atoms with van der Waals surface area (Å²) in [6.45, 7) is 5.22. The number of likely N-dealkylation sites (N-methyl/N-ethyl adjacent to an activating group) is 1. The van der Waals surface area contributed by atoms with Crippen LogP contribution in [-0.4, -0.2) is 19.7 Å². The molecule has 2 unspecified atom stereocenters. The summed E-state index contributed by atoms with van der Waals surface area (Å²) in [5, 5.41) is 3.37. The lowest BCUT2D eigenvalue weighted by Gasteiger charge is -2.23. The summed E-state index contributed by atoms with van der Waals surface area (Å²) in [7, 11) is 1.76. The average Bonchev–Trinajstić information content (AvgIpc) is 2.21. The summed E-state index contributed by atoms with van der Waals surface area (Å²) < 4.78 is 5.49. The zero-order valence-electron chi connectivity index (χ0n) is 9.16. The van der Waals surface area contributed by atoms with E-state index in [1.54, 1.807) is 7.11 Å². The van der Waals surface area contributed by atoms with Gasteiger partial charge >= 0.3 is 0 Å². The second-order valence-corrected chi connectivity index (χ2v) is 3.41. The number of ether oxygens (including phenoxy) is 1. The van der Waals surface area contributed by atoms with Crippen molar-refractivity contribution in [1.29, 1.82) is 0 Å². The van der Waals surface area contributed by atoms with Gasteiger partial charge in [-0.3, -0.25) is 0 Å². The molecule has 1 aromatic carbocycles. The molecule has 1 aromatic rings. The van der Waals surface area contributed by atoms with Crippen molar-refractivity contribution < 1.29 is 4.74 Å². The van der Waals surface area contributed by atoms with E-state index in [2.05, 4.69) is 31.3 Å². The van der Waals surface area contributed by atoms with Gasteiger partial charge in [-0.15, -0.1) is 0 Å². The van der Waals surface area contributed by atoms with Gasteiger partial charge < -0.3 is 10.1 Å². The van der Waals surface area contributed by atoms with E-state index in [-0.39, 0.29) is 6.10 Å². The van der Waals surface area contributed by atoms with Crippen LogP contribution < -0.4 is 5.32 Å². The van der Waals surface area contributed by atoms with Crippen LogP contribution in [0.1, 0.15) is 25.5 Å². The maximum absolute atomic E-state index is 5.49. The minimum Gasteiger partial charge on any atom is -0.375 e. The SMILES string of the molecule is CCNC(C)C(OC)c1ccccc1. The van der Waals surface area contributed by atoms with Crippen molar-refractivity contribution in [3.8, 4) is 0 Å². The zero-order chi connectivity index (χ0) is 10.4. The Labute approximate surface area is 86.3 Å². The number of hydrogen-bond acceptors (Lipinski definition) is 2. The largest absolute Gasteiger partial charge is 0.375 e. The summed E-state index contributed by atoms with van der Waals surface area (Å²) >= 11 is 0. The van der Waals surface area contributed by atoms with Crippen molar-refractivity contribution >= 4 is 0 Å². The highest BCUT2D eigenvalue weighted by molar-refractivity contribution is 5.18. The number of hydrogen-bond donors (Lipinski definition) is 1. The van der Waals surface area contributed by atoms with Crippen molar-refractivity contribution in [3.05, 3.63) is 35.9 Å². The molecule has 0 saturated heterocycles. The van der Waals surface area contributed by atoms with E-state index in [0.717, 1.165) is 6.54 Å². The predicted octanol–water partition coefficient (Wildman–Crippen LogP) is 2.37. The molecule has 2 atom stereocenters. The third-order valence-electron chi connectivity index (χ3n) is 2.36. The summed E-state index contributed by atoms with van der Waals surface area (Å²) in [6.07, 6.45) is 0.135. The monoisotopic (exact) mass is 193 g/mol. The molecule has 0 radical (unpaired) electrons. The van der Waals surface area contributed by atoms with Gasteiger partial charge in [-0.05, 0) is 19.0 Å².